The molecule has 136 valence electrons. The van der Waals surface area contributed by atoms with Crippen molar-refractivity contribution in [1.29, 1.82) is 0 Å². The molecule has 0 saturated carbocycles. The highest BCUT2D eigenvalue weighted by molar-refractivity contribution is 6.20. The summed E-state index contributed by atoms with van der Waals surface area (Å²) in [5, 5.41) is 2.39. The summed E-state index contributed by atoms with van der Waals surface area (Å²) in [6.45, 7) is 4.17. The lowest BCUT2D eigenvalue weighted by Gasteiger charge is -2.35. The van der Waals surface area contributed by atoms with Gasteiger partial charge >= 0.3 is 0 Å². The van der Waals surface area contributed by atoms with Crippen LogP contribution in [0.4, 0.5) is 11.4 Å². The van der Waals surface area contributed by atoms with Crippen molar-refractivity contribution in [2.24, 2.45) is 0 Å². The normalized spacial score (nSPS) is 16.0. The van der Waals surface area contributed by atoms with Crippen LogP contribution in [0.5, 0.6) is 5.75 Å². The van der Waals surface area contributed by atoms with Crippen molar-refractivity contribution in [2.45, 2.75) is 19.4 Å². The molecule has 1 aromatic heterocycles. The van der Waals surface area contributed by atoms with Crippen molar-refractivity contribution in [3.8, 4) is 16.9 Å². The largest absolute Gasteiger partial charge is 0.483 e. The highest BCUT2D eigenvalue weighted by Crippen LogP contribution is 2.53. The summed E-state index contributed by atoms with van der Waals surface area (Å²) in [6.07, 6.45) is 4.34. The highest BCUT2D eigenvalue weighted by Gasteiger charge is 2.31. The van der Waals surface area contributed by atoms with Crippen LogP contribution < -0.4 is 9.64 Å². The Morgan fingerprint density at radius 3 is 2.64 bits per heavy atom. The zero-order valence-corrected chi connectivity index (χ0v) is 16.2. The number of nitrogens with zero attached hydrogens (tertiary/aromatic N) is 2. The van der Waals surface area contributed by atoms with Crippen molar-refractivity contribution in [3.05, 3.63) is 66.2 Å². The molecule has 4 aromatic rings. The van der Waals surface area contributed by atoms with Crippen molar-refractivity contribution >= 4 is 39.3 Å². The van der Waals surface area contributed by atoms with Gasteiger partial charge in [0.15, 0.2) is 0 Å². The fourth-order valence-corrected chi connectivity index (χ4v) is 4.60. The van der Waals surface area contributed by atoms with Crippen LogP contribution >= 0.6 is 0 Å². The minimum Gasteiger partial charge on any atom is -0.483 e. The van der Waals surface area contributed by atoms with E-state index in [4.69, 9.17) is 9.72 Å². The van der Waals surface area contributed by atoms with Gasteiger partial charge in [0.1, 0.15) is 11.4 Å². The van der Waals surface area contributed by atoms with Crippen LogP contribution in [0.25, 0.3) is 39.0 Å². The number of fused-ring (bicyclic) bond motifs is 6. The predicted octanol–water partition coefficient (Wildman–Crippen LogP) is 6.32. The minimum absolute atomic E-state index is 0.321. The fourth-order valence-electron chi connectivity index (χ4n) is 4.60. The topological polar surface area (TPSA) is 25.4 Å². The van der Waals surface area contributed by atoms with E-state index in [2.05, 4.69) is 92.5 Å². The zero-order chi connectivity index (χ0) is 19.0. The molecule has 0 bridgehead atoms. The van der Waals surface area contributed by atoms with E-state index in [9.17, 15) is 0 Å². The molecule has 6 rings (SSSR count). The Morgan fingerprint density at radius 2 is 1.75 bits per heavy atom. The third kappa shape index (κ3) is 1.96. The minimum atomic E-state index is -0.321. The molecule has 2 aliphatic heterocycles. The Bertz CT molecular complexity index is 1330. The third-order valence-corrected chi connectivity index (χ3v) is 5.84. The summed E-state index contributed by atoms with van der Waals surface area (Å²) in [5.41, 5.74) is 7.70. The number of hydrogen-bond acceptors (Lipinski definition) is 3. The van der Waals surface area contributed by atoms with E-state index < -0.39 is 0 Å². The Hall–Kier alpha value is -3.33. The maximum atomic E-state index is 6.33. The van der Waals surface area contributed by atoms with Gasteiger partial charge in [-0.3, -0.25) is 0 Å². The van der Waals surface area contributed by atoms with Crippen LogP contribution in [-0.2, 0) is 0 Å². The number of benzene rings is 3. The Morgan fingerprint density at radius 1 is 0.964 bits per heavy atom. The molecule has 3 heterocycles. The van der Waals surface area contributed by atoms with E-state index in [1.165, 1.54) is 33.3 Å². The maximum absolute atomic E-state index is 6.33. The van der Waals surface area contributed by atoms with E-state index >= 15 is 0 Å². The van der Waals surface area contributed by atoms with E-state index in [0.717, 1.165) is 22.3 Å². The summed E-state index contributed by atoms with van der Waals surface area (Å²) in [4.78, 5) is 7.30. The number of para-hydroxylation sites is 2. The van der Waals surface area contributed by atoms with Gasteiger partial charge in [0, 0.05) is 46.3 Å². The second-order valence-electron chi connectivity index (χ2n) is 8.15. The van der Waals surface area contributed by atoms with E-state index in [1.54, 1.807) is 0 Å². The standard InChI is InChI=1S/C25H20N2O/c1-25(2)13-12-17-21(28-25)14-19-23-22(15-8-4-6-10-18(15)26-19)16-9-5-7-11-20(16)27(3)24(17)23/h4-14H,1-3H3. The lowest BCUT2D eigenvalue weighted by molar-refractivity contribution is 0.159. The van der Waals surface area contributed by atoms with E-state index in [0.29, 0.717) is 0 Å². The van der Waals surface area contributed by atoms with Crippen molar-refractivity contribution in [1.82, 2.24) is 4.98 Å². The first-order chi connectivity index (χ1) is 13.5. The van der Waals surface area contributed by atoms with Gasteiger partial charge in [-0.05, 0) is 38.1 Å². The molecule has 28 heavy (non-hydrogen) atoms. The van der Waals surface area contributed by atoms with Gasteiger partial charge in [-0.25, -0.2) is 4.98 Å². The molecule has 3 aromatic carbocycles. The fraction of sp³-hybridized carbons (Fsp3) is 0.160. The average molecular weight is 364 g/mol. The first-order valence-corrected chi connectivity index (χ1v) is 9.64. The number of pyridine rings is 1. The molecule has 0 amide bonds. The van der Waals surface area contributed by atoms with E-state index in [1.807, 2.05) is 0 Å². The van der Waals surface area contributed by atoms with Crippen LogP contribution in [-0.4, -0.2) is 17.6 Å². The second kappa shape index (κ2) is 5.14. The van der Waals surface area contributed by atoms with Gasteiger partial charge in [0.25, 0.3) is 0 Å². The van der Waals surface area contributed by atoms with Gasteiger partial charge in [-0.2, -0.15) is 0 Å². The first kappa shape index (κ1) is 15.7. The van der Waals surface area contributed by atoms with Crippen LogP contribution in [0.3, 0.4) is 0 Å². The highest BCUT2D eigenvalue weighted by atomic mass is 16.5. The SMILES string of the molecule is CN1c2ccccc2-c2c3ccccc3nc3cc4c(c1c23)C=CC(C)(C)O4. The Kier molecular flexibility index (Phi) is 2.88. The molecule has 0 radical (unpaired) electrons. The monoisotopic (exact) mass is 364 g/mol. The number of hydrogen-bond donors (Lipinski definition) is 0. The molecular weight excluding hydrogens is 344 g/mol. The van der Waals surface area contributed by atoms with E-state index in [-0.39, 0.29) is 5.60 Å². The number of ether oxygens (including phenoxy) is 1. The molecule has 0 aliphatic carbocycles. The summed E-state index contributed by atoms with van der Waals surface area (Å²) in [7, 11) is 2.14. The Balaban J connectivity index is 1.87. The van der Waals surface area contributed by atoms with Gasteiger partial charge in [-0.15, -0.1) is 0 Å². The molecule has 0 N–H and O–H groups in total. The molecule has 0 saturated heterocycles. The summed E-state index contributed by atoms with van der Waals surface area (Å²) in [5.74, 6) is 0.898. The first-order valence-electron chi connectivity index (χ1n) is 9.64. The molecule has 0 atom stereocenters. The Labute approximate surface area is 163 Å². The van der Waals surface area contributed by atoms with Crippen molar-refractivity contribution in [3.63, 3.8) is 0 Å². The van der Waals surface area contributed by atoms with Crippen molar-refractivity contribution < 1.29 is 4.74 Å². The van der Waals surface area contributed by atoms with Crippen LogP contribution in [0, 0.1) is 0 Å². The molecule has 3 heteroatoms. The molecule has 0 spiro atoms. The lowest BCUT2D eigenvalue weighted by atomic mass is 9.87. The maximum Gasteiger partial charge on any atom is 0.132 e. The number of anilines is 2. The third-order valence-electron chi connectivity index (χ3n) is 5.84. The smallest absolute Gasteiger partial charge is 0.132 e. The van der Waals surface area contributed by atoms with Gasteiger partial charge in [-0.1, -0.05) is 36.4 Å². The summed E-state index contributed by atoms with van der Waals surface area (Å²) in [6, 6.07) is 19.1. The average Bonchev–Trinajstić information content (AvgIpc) is 2.69. The molecular formula is C25H20N2O. The quantitative estimate of drug-likeness (QED) is 0.341. The zero-order valence-electron chi connectivity index (χ0n) is 16.2. The van der Waals surface area contributed by atoms with Crippen LogP contribution in [0.2, 0.25) is 0 Å². The lowest BCUT2D eigenvalue weighted by Crippen LogP contribution is -2.28. The van der Waals surface area contributed by atoms with Gasteiger partial charge in [0.2, 0.25) is 0 Å². The molecule has 3 nitrogen and oxygen atoms in total. The number of aromatic nitrogens is 1. The molecule has 2 aliphatic rings. The second-order valence-corrected chi connectivity index (χ2v) is 8.15. The molecule has 0 fully saturated rings. The van der Waals surface area contributed by atoms with Crippen molar-refractivity contribution in [2.75, 3.05) is 11.9 Å². The van der Waals surface area contributed by atoms with Crippen LogP contribution in [0.15, 0.2) is 60.7 Å². The predicted molar refractivity (Wildman–Crippen MR) is 116 cm³/mol. The van der Waals surface area contributed by atoms with Crippen LogP contribution in [0.1, 0.15) is 19.4 Å². The van der Waals surface area contributed by atoms with Gasteiger partial charge < -0.3 is 9.64 Å². The summed E-state index contributed by atoms with van der Waals surface area (Å²) < 4.78 is 6.33. The van der Waals surface area contributed by atoms with Gasteiger partial charge in [0.05, 0.1) is 16.7 Å². The summed E-state index contributed by atoms with van der Waals surface area (Å²) >= 11 is 0. The number of rotatable bonds is 0. The molecule has 0 unspecified atom stereocenters.